The van der Waals surface area contributed by atoms with Crippen LogP contribution in [-0.2, 0) is 4.79 Å². The lowest BCUT2D eigenvalue weighted by Gasteiger charge is -2.22. The Labute approximate surface area is 298 Å². The second-order valence-corrected chi connectivity index (χ2v) is 13.7. The van der Waals surface area contributed by atoms with Gasteiger partial charge in [-0.05, 0) is 57.8 Å². The Bertz CT molecular complexity index is 812. The minimum absolute atomic E-state index is 0.0413. The molecule has 0 bridgehead atoms. The highest BCUT2D eigenvalue weighted by Gasteiger charge is 2.19. The molecule has 0 saturated heterocycles. The molecule has 278 valence electrons. The molecule has 0 aliphatic carbocycles. The molecule has 0 rings (SSSR count). The van der Waals surface area contributed by atoms with Crippen LogP contribution in [0.4, 0.5) is 0 Å². The smallest absolute Gasteiger partial charge is 0.220 e. The summed E-state index contributed by atoms with van der Waals surface area (Å²) >= 11 is 0. The Kier molecular flexibility index (Phi) is 38.0. The van der Waals surface area contributed by atoms with Crippen LogP contribution in [0.2, 0.25) is 0 Å². The minimum Gasteiger partial charge on any atom is -0.394 e. The Morgan fingerprint density at radius 3 is 1.38 bits per heavy atom. The predicted molar refractivity (Wildman–Crippen MR) is 211 cm³/mol. The molecule has 0 aliphatic rings. The molecule has 0 aromatic rings. The number of unbranched alkanes of at least 4 members (excludes halogenated alkanes) is 19. The molecule has 0 spiro atoms. The number of aliphatic hydroxyl groups excluding tert-OH is 2. The van der Waals surface area contributed by atoms with Gasteiger partial charge in [0.1, 0.15) is 0 Å². The lowest BCUT2D eigenvalue weighted by molar-refractivity contribution is -0.123. The van der Waals surface area contributed by atoms with E-state index in [-0.39, 0.29) is 12.5 Å². The molecule has 0 aliphatic heterocycles. The van der Waals surface area contributed by atoms with E-state index in [1.54, 1.807) is 0 Å². The van der Waals surface area contributed by atoms with Gasteiger partial charge in [0.05, 0.1) is 18.8 Å². The van der Waals surface area contributed by atoms with E-state index < -0.39 is 12.1 Å². The summed E-state index contributed by atoms with van der Waals surface area (Å²) in [7, 11) is 0. The third kappa shape index (κ3) is 35.4. The highest BCUT2D eigenvalue weighted by atomic mass is 16.3. The molecule has 0 fully saturated rings. The van der Waals surface area contributed by atoms with Crippen molar-refractivity contribution < 1.29 is 15.0 Å². The fourth-order valence-corrected chi connectivity index (χ4v) is 5.92. The van der Waals surface area contributed by atoms with E-state index in [0.29, 0.717) is 12.8 Å². The van der Waals surface area contributed by atoms with Gasteiger partial charge in [0.2, 0.25) is 5.91 Å². The summed E-state index contributed by atoms with van der Waals surface area (Å²) in [5.74, 6) is -0.0413. The first-order valence-electron chi connectivity index (χ1n) is 20.5. The highest BCUT2D eigenvalue weighted by Crippen LogP contribution is 2.15. The van der Waals surface area contributed by atoms with Gasteiger partial charge >= 0.3 is 0 Å². The summed E-state index contributed by atoms with van der Waals surface area (Å²) in [5, 5.41) is 22.8. The van der Waals surface area contributed by atoms with Crippen molar-refractivity contribution in [1.82, 2.24) is 5.32 Å². The third-order valence-electron chi connectivity index (χ3n) is 9.04. The van der Waals surface area contributed by atoms with E-state index in [0.717, 1.165) is 57.8 Å². The van der Waals surface area contributed by atoms with Crippen molar-refractivity contribution in [2.24, 2.45) is 0 Å². The van der Waals surface area contributed by atoms with Crippen LogP contribution in [0.1, 0.15) is 194 Å². The molecule has 4 heteroatoms. The number of aliphatic hydroxyl groups is 2. The summed E-state index contributed by atoms with van der Waals surface area (Å²) < 4.78 is 0. The van der Waals surface area contributed by atoms with Crippen molar-refractivity contribution in [1.29, 1.82) is 0 Å². The van der Waals surface area contributed by atoms with E-state index >= 15 is 0 Å². The maximum atomic E-state index is 12.3. The molecular formula is C44H79NO3. The van der Waals surface area contributed by atoms with Gasteiger partial charge in [0, 0.05) is 6.42 Å². The first-order valence-corrected chi connectivity index (χ1v) is 20.5. The zero-order valence-corrected chi connectivity index (χ0v) is 31.7. The molecule has 0 radical (unpaired) electrons. The number of carbonyl (C=O) groups is 1. The van der Waals surface area contributed by atoms with Crippen LogP contribution in [0.3, 0.4) is 0 Å². The van der Waals surface area contributed by atoms with Crippen LogP contribution >= 0.6 is 0 Å². The van der Waals surface area contributed by atoms with E-state index in [1.807, 2.05) is 0 Å². The SMILES string of the molecule is CC/C=C\C/C=C\C/C=C\C/C=C\C/C=C\CCCCCCCCCCCCCCCCCC(=O)NC(CO)C(O)CCCCCCC. The number of carbonyl (C=O) groups excluding carboxylic acids is 1. The molecule has 3 N–H and O–H groups in total. The standard InChI is InChI=1S/C44H79NO3/c1-3-5-7-9-10-11-12-13-14-15-16-17-18-19-20-21-22-23-24-25-26-27-28-29-30-31-32-33-34-36-38-40-44(48)45-42(41-46)43(47)39-37-35-8-6-4-2/h5,7,10-11,13-14,16-17,19-20,42-43,46-47H,3-4,6,8-9,12,15,18,21-41H2,1-2H3,(H,45,48)/b7-5-,11-10-,14-13-,17-16-,20-19-. The number of nitrogens with one attached hydrogen (secondary N) is 1. The quantitative estimate of drug-likeness (QED) is 0.0459. The Hall–Kier alpha value is -1.91. The topological polar surface area (TPSA) is 69.6 Å². The van der Waals surface area contributed by atoms with Crippen molar-refractivity contribution in [2.45, 2.75) is 206 Å². The molecule has 2 atom stereocenters. The normalized spacial score (nSPS) is 13.7. The molecule has 4 nitrogen and oxygen atoms in total. The first-order chi connectivity index (χ1) is 23.7. The van der Waals surface area contributed by atoms with Gasteiger partial charge in [-0.15, -0.1) is 0 Å². The van der Waals surface area contributed by atoms with Crippen molar-refractivity contribution >= 4 is 5.91 Å². The van der Waals surface area contributed by atoms with E-state index in [1.165, 1.54) is 109 Å². The van der Waals surface area contributed by atoms with E-state index in [2.05, 4.69) is 79.9 Å². The van der Waals surface area contributed by atoms with Crippen LogP contribution in [-0.4, -0.2) is 34.9 Å². The van der Waals surface area contributed by atoms with Gasteiger partial charge in [-0.3, -0.25) is 4.79 Å². The fraction of sp³-hybridized carbons (Fsp3) is 0.750. The number of amides is 1. The molecule has 2 unspecified atom stereocenters. The van der Waals surface area contributed by atoms with Crippen LogP contribution in [0.15, 0.2) is 60.8 Å². The Morgan fingerprint density at radius 2 is 0.917 bits per heavy atom. The summed E-state index contributed by atoms with van der Waals surface area (Å²) in [6.45, 7) is 4.16. The first kappa shape index (κ1) is 46.1. The van der Waals surface area contributed by atoms with E-state index in [4.69, 9.17) is 0 Å². The maximum absolute atomic E-state index is 12.3. The van der Waals surface area contributed by atoms with E-state index in [9.17, 15) is 15.0 Å². The number of hydrogen-bond acceptors (Lipinski definition) is 3. The summed E-state index contributed by atoms with van der Waals surface area (Å²) in [6, 6.07) is -0.533. The van der Waals surface area contributed by atoms with Crippen molar-refractivity contribution in [3.05, 3.63) is 60.8 Å². The maximum Gasteiger partial charge on any atom is 0.220 e. The van der Waals surface area contributed by atoms with Gasteiger partial charge in [0.25, 0.3) is 0 Å². The zero-order chi connectivity index (χ0) is 35.0. The van der Waals surface area contributed by atoms with Crippen LogP contribution < -0.4 is 5.32 Å². The summed E-state index contributed by atoms with van der Waals surface area (Å²) in [4.78, 5) is 12.3. The summed E-state index contributed by atoms with van der Waals surface area (Å²) in [5.41, 5.74) is 0. The zero-order valence-electron chi connectivity index (χ0n) is 31.7. The average Bonchev–Trinajstić information content (AvgIpc) is 3.09. The number of allylic oxidation sites excluding steroid dienone is 10. The highest BCUT2D eigenvalue weighted by molar-refractivity contribution is 5.76. The Morgan fingerprint density at radius 1 is 0.521 bits per heavy atom. The number of hydrogen-bond donors (Lipinski definition) is 3. The van der Waals surface area contributed by atoms with Crippen LogP contribution in [0.25, 0.3) is 0 Å². The van der Waals surface area contributed by atoms with Crippen LogP contribution in [0.5, 0.6) is 0 Å². The molecular weight excluding hydrogens is 590 g/mol. The molecule has 0 saturated carbocycles. The van der Waals surface area contributed by atoms with Gasteiger partial charge in [-0.25, -0.2) is 0 Å². The van der Waals surface area contributed by atoms with Gasteiger partial charge < -0.3 is 15.5 Å². The average molecular weight is 670 g/mol. The lowest BCUT2D eigenvalue weighted by atomic mass is 10.0. The second kappa shape index (κ2) is 39.5. The minimum atomic E-state index is -0.656. The molecule has 1 amide bonds. The lowest BCUT2D eigenvalue weighted by Crippen LogP contribution is -2.45. The van der Waals surface area contributed by atoms with Gasteiger partial charge in [-0.2, -0.15) is 0 Å². The monoisotopic (exact) mass is 670 g/mol. The Balaban J connectivity index is 3.43. The largest absolute Gasteiger partial charge is 0.394 e. The fourth-order valence-electron chi connectivity index (χ4n) is 5.92. The van der Waals surface area contributed by atoms with Crippen molar-refractivity contribution in [3.8, 4) is 0 Å². The summed E-state index contributed by atoms with van der Waals surface area (Å²) in [6.07, 6.45) is 54.7. The molecule has 0 heterocycles. The third-order valence-corrected chi connectivity index (χ3v) is 9.04. The van der Waals surface area contributed by atoms with Crippen molar-refractivity contribution in [2.75, 3.05) is 6.61 Å². The molecule has 48 heavy (non-hydrogen) atoms. The second-order valence-electron chi connectivity index (χ2n) is 13.7. The predicted octanol–water partition coefficient (Wildman–Crippen LogP) is 12.6. The van der Waals surface area contributed by atoms with Crippen molar-refractivity contribution in [3.63, 3.8) is 0 Å². The van der Waals surface area contributed by atoms with Gasteiger partial charge in [0.15, 0.2) is 0 Å². The molecule has 0 aromatic heterocycles. The number of rotatable bonds is 36. The van der Waals surface area contributed by atoms with Gasteiger partial charge in [-0.1, -0.05) is 190 Å². The molecule has 0 aromatic carbocycles. The van der Waals surface area contributed by atoms with Crippen LogP contribution in [0, 0.1) is 0 Å².